The second kappa shape index (κ2) is 7.86. The molecule has 0 saturated heterocycles. The number of thioether (sulfide) groups is 1. The number of aromatic amines is 1. The fraction of sp³-hybridized carbons (Fsp3) is 0.0714. The molecule has 0 aliphatic heterocycles. The molecule has 0 aliphatic carbocycles. The molecule has 3 rings (SSSR count). The molecule has 0 radical (unpaired) electrons. The first kappa shape index (κ1) is 18.4. The first-order valence-electron chi connectivity index (χ1n) is 6.51. The Morgan fingerprint density at radius 1 is 1.12 bits per heavy atom. The van der Waals surface area contributed by atoms with Crippen LogP contribution < -0.4 is 5.32 Å². The van der Waals surface area contributed by atoms with Crippen LogP contribution in [0.2, 0.25) is 0 Å². The Morgan fingerprint density at radius 3 is 2.54 bits per heavy atom. The minimum Gasteiger partial charge on any atom is -0.331 e. The lowest BCUT2D eigenvalue weighted by molar-refractivity contribution is -0.113. The zero-order chi connectivity index (χ0) is 17.3. The van der Waals surface area contributed by atoms with Gasteiger partial charge in [-0.3, -0.25) is 4.79 Å². The number of fused-ring (bicyclic) bond motifs is 1. The molecule has 2 N–H and O–H groups in total. The smallest absolute Gasteiger partial charge is 0.234 e. The molecule has 24 heavy (non-hydrogen) atoms. The molecule has 0 bridgehead atoms. The highest BCUT2D eigenvalue weighted by Gasteiger charge is 2.12. The summed E-state index contributed by atoms with van der Waals surface area (Å²) in [5.41, 5.74) is 2.14. The SMILES string of the molecule is O=C(CSc1nc2ncc(Br)cc2[nH]1)Nc1c(Br)cc(Br)cc1Br. The number of carbonyl (C=O) groups is 1. The van der Waals surface area contributed by atoms with Crippen LogP contribution in [0.5, 0.6) is 0 Å². The van der Waals surface area contributed by atoms with Crippen molar-refractivity contribution < 1.29 is 4.79 Å². The summed E-state index contributed by atoms with van der Waals surface area (Å²) in [6, 6.07) is 5.64. The first-order chi connectivity index (χ1) is 11.4. The second-order valence-corrected chi connectivity index (χ2v) is 9.15. The van der Waals surface area contributed by atoms with E-state index >= 15 is 0 Å². The molecule has 3 aromatic rings. The fourth-order valence-corrected chi connectivity index (χ4v) is 5.35. The van der Waals surface area contributed by atoms with Gasteiger partial charge in [-0.1, -0.05) is 27.7 Å². The summed E-state index contributed by atoms with van der Waals surface area (Å²) in [4.78, 5) is 23.9. The standard InChI is InChI=1S/C14H8Br4N4OS/c15-6-1-8(17)12(9(18)2-6)21-11(23)5-24-14-20-10-3-7(16)4-19-13(10)22-14/h1-4H,5H2,(H,21,23)(H,19,20,22). The van der Waals surface area contributed by atoms with Gasteiger partial charge in [-0.2, -0.15) is 0 Å². The van der Waals surface area contributed by atoms with Crippen molar-refractivity contribution >= 4 is 98.2 Å². The van der Waals surface area contributed by atoms with Crippen molar-refractivity contribution in [3.8, 4) is 0 Å². The highest BCUT2D eigenvalue weighted by molar-refractivity contribution is 9.11. The van der Waals surface area contributed by atoms with Crippen molar-refractivity contribution in [1.29, 1.82) is 0 Å². The Labute approximate surface area is 175 Å². The monoisotopic (exact) mass is 596 g/mol. The van der Waals surface area contributed by atoms with Gasteiger partial charge in [-0.05, 0) is 66.0 Å². The summed E-state index contributed by atoms with van der Waals surface area (Å²) in [6.45, 7) is 0. The molecule has 10 heteroatoms. The number of pyridine rings is 1. The fourth-order valence-electron chi connectivity index (χ4n) is 1.89. The molecular weight excluding hydrogens is 592 g/mol. The van der Waals surface area contributed by atoms with Crippen molar-refractivity contribution in [2.45, 2.75) is 5.16 Å². The van der Waals surface area contributed by atoms with Gasteiger partial charge >= 0.3 is 0 Å². The Balaban J connectivity index is 1.67. The number of imidazole rings is 1. The molecule has 0 fully saturated rings. The zero-order valence-corrected chi connectivity index (χ0v) is 18.9. The average molecular weight is 600 g/mol. The van der Waals surface area contributed by atoms with E-state index < -0.39 is 0 Å². The van der Waals surface area contributed by atoms with Gasteiger partial charge in [0.15, 0.2) is 10.8 Å². The summed E-state index contributed by atoms with van der Waals surface area (Å²) < 4.78 is 3.37. The van der Waals surface area contributed by atoms with Gasteiger partial charge in [0.05, 0.1) is 17.0 Å². The quantitative estimate of drug-likeness (QED) is 0.376. The van der Waals surface area contributed by atoms with Crippen molar-refractivity contribution in [2.75, 3.05) is 11.1 Å². The van der Waals surface area contributed by atoms with E-state index in [1.54, 1.807) is 6.20 Å². The molecular formula is C14H8Br4N4OS. The summed E-state index contributed by atoms with van der Waals surface area (Å²) in [5.74, 6) is 0.106. The van der Waals surface area contributed by atoms with Gasteiger partial charge in [0, 0.05) is 24.1 Å². The summed E-state index contributed by atoms with van der Waals surface area (Å²) in [7, 11) is 0. The van der Waals surface area contributed by atoms with Gasteiger partial charge in [-0.15, -0.1) is 0 Å². The molecule has 0 aliphatic rings. The van der Waals surface area contributed by atoms with Crippen LogP contribution in [0.15, 0.2) is 47.4 Å². The van der Waals surface area contributed by atoms with Crippen LogP contribution in [-0.4, -0.2) is 26.6 Å². The number of anilines is 1. The van der Waals surface area contributed by atoms with Crippen LogP contribution in [0.3, 0.4) is 0 Å². The molecule has 0 unspecified atom stereocenters. The van der Waals surface area contributed by atoms with Crippen LogP contribution in [0.4, 0.5) is 5.69 Å². The van der Waals surface area contributed by atoms with Gasteiger partial charge in [0.2, 0.25) is 5.91 Å². The summed E-state index contributed by atoms with van der Waals surface area (Å²) in [5, 5.41) is 3.53. The third kappa shape index (κ3) is 4.40. The Kier molecular flexibility index (Phi) is 6.02. The van der Waals surface area contributed by atoms with Crippen LogP contribution >= 0.6 is 75.5 Å². The number of halogens is 4. The van der Waals surface area contributed by atoms with Crippen molar-refractivity contribution in [1.82, 2.24) is 15.0 Å². The van der Waals surface area contributed by atoms with Crippen molar-refractivity contribution in [2.24, 2.45) is 0 Å². The highest BCUT2D eigenvalue weighted by atomic mass is 79.9. The molecule has 1 amide bonds. The molecule has 2 aromatic heterocycles. The lowest BCUT2D eigenvalue weighted by Crippen LogP contribution is -2.15. The number of aromatic nitrogens is 3. The van der Waals surface area contributed by atoms with E-state index in [0.29, 0.717) is 16.5 Å². The third-order valence-electron chi connectivity index (χ3n) is 2.89. The van der Waals surface area contributed by atoms with E-state index in [1.807, 2.05) is 18.2 Å². The van der Waals surface area contributed by atoms with E-state index in [-0.39, 0.29) is 11.7 Å². The van der Waals surface area contributed by atoms with E-state index in [2.05, 4.69) is 84.0 Å². The number of hydrogen-bond acceptors (Lipinski definition) is 4. The number of rotatable bonds is 4. The van der Waals surface area contributed by atoms with Crippen LogP contribution in [0, 0.1) is 0 Å². The maximum Gasteiger partial charge on any atom is 0.234 e. The van der Waals surface area contributed by atoms with Gasteiger partial charge < -0.3 is 10.3 Å². The van der Waals surface area contributed by atoms with E-state index in [9.17, 15) is 4.79 Å². The Bertz CT molecular complexity index is 907. The molecule has 1 aromatic carbocycles. The van der Waals surface area contributed by atoms with Crippen LogP contribution in [-0.2, 0) is 4.79 Å². The average Bonchev–Trinajstić information content (AvgIpc) is 2.90. The maximum absolute atomic E-state index is 12.2. The number of benzene rings is 1. The van der Waals surface area contributed by atoms with Gasteiger partial charge in [-0.25, -0.2) is 9.97 Å². The number of amides is 1. The van der Waals surface area contributed by atoms with E-state index in [1.165, 1.54) is 11.8 Å². The third-order valence-corrected chi connectivity index (χ3v) is 5.91. The lowest BCUT2D eigenvalue weighted by atomic mass is 10.3. The minimum atomic E-state index is -0.127. The van der Waals surface area contributed by atoms with Crippen LogP contribution in [0.25, 0.3) is 11.2 Å². The predicted octanol–water partition coefficient (Wildman–Crippen LogP) is 5.74. The number of carbonyl (C=O) groups excluding carboxylic acids is 1. The van der Waals surface area contributed by atoms with E-state index in [0.717, 1.165) is 23.4 Å². The molecule has 0 saturated carbocycles. The van der Waals surface area contributed by atoms with Crippen LogP contribution in [0.1, 0.15) is 0 Å². The number of nitrogens with one attached hydrogen (secondary N) is 2. The molecule has 124 valence electrons. The molecule has 0 spiro atoms. The topological polar surface area (TPSA) is 70.7 Å². The van der Waals surface area contributed by atoms with E-state index in [4.69, 9.17) is 0 Å². The summed E-state index contributed by atoms with van der Waals surface area (Å²) >= 11 is 15.0. The molecule has 5 nitrogen and oxygen atoms in total. The summed E-state index contributed by atoms with van der Waals surface area (Å²) in [6.07, 6.45) is 1.69. The number of hydrogen-bond donors (Lipinski definition) is 2. The van der Waals surface area contributed by atoms with Crippen molar-refractivity contribution in [3.63, 3.8) is 0 Å². The second-order valence-electron chi connectivity index (χ2n) is 4.65. The van der Waals surface area contributed by atoms with Gasteiger partial charge in [0.25, 0.3) is 0 Å². The minimum absolute atomic E-state index is 0.127. The lowest BCUT2D eigenvalue weighted by Gasteiger charge is -2.09. The Hall–Kier alpha value is -0.420. The normalized spacial score (nSPS) is 11.0. The number of nitrogens with zero attached hydrogens (tertiary/aromatic N) is 2. The largest absolute Gasteiger partial charge is 0.331 e. The predicted molar refractivity (Wildman–Crippen MR) is 110 cm³/mol. The first-order valence-corrected chi connectivity index (χ1v) is 10.7. The number of H-pyrrole nitrogens is 1. The zero-order valence-electron chi connectivity index (χ0n) is 11.7. The molecule has 2 heterocycles. The molecule has 0 atom stereocenters. The Morgan fingerprint density at radius 2 is 1.83 bits per heavy atom. The maximum atomic E-state index is 12.2. The van der Waals surface area contributed by atoms with Crippen molar-refractivity contribution in [3.05, 3.63) is 42.3 Å². The van der Waals surface area contributed by atoms with Gasteiger partial charge in [0.1, 0.15) is 0 Å². The highest BCUT2D eigenvalue weighted by Crippen LogP contribution is 2.34.